The molecule has 0 unspecified atom stereocenters. The monoisotopic (exact) mass is 273 g/mol. The summed E-state index contributed by atoms with van der Waals surface area (Å²) >= 11 is 6.26. The molecule has 1 heterocycles. The summed E-state index contributed by atoms with van der Waals surface area (Å²) < 4.78 is 0. The van der Waals surface area contributed by atoms with E-state index in [2.05, 4.69) is 11.1 Å². The van der Waals surface area contributed by atoms with Crippen LogP contribution >= 0.6 is 11.6 Å². The second-order valence-electron chi connectivity index (χ2n) is 4.64. The van der Waals surface area contributed by atoms with Gasteiger partial charge in [-0.05, 0) is 43.0 Å². The highest BCUT2D eigenvalue weighted by molar-refractivity contribution is 6.33. The number of fused-ring (bicyclic) bond motifs is 1. The van der Waals surface area contributed by atoms with Crippen molar-refractivity contribution in [2.45, 2.75) is 19.3 Å². The zero-order valence-corrected chi connectivity index (χ0v) is 10.9. The molecule has 1 aliphatic carbocycles. The largest absolute Gasteiger partial charge is 0.478 e. The van der Waals surface area contributed by atoms with Gasteiger partial charge in [-0.3, -0.25) is 4.98 Å². The molecule has 0 radical (unpaired) electrons. The molecule has 0 spiro atoms. The van der Waals surface area contributed by atoms with E-state index in [-0.39, 0.29) is 5.56 Å². The van der Waals surface area contributed by atoms with E-state index in [1.165, 1.54) is 5.57 Å². The zero-order chi connectivity index (χ0) is 13.4. The molecule has 3 nitrogen and oxygen atoms in total. The van der Waals surface area contributed by atoms with Crippen LogP contribution in [-0.2, 0) is 0 Å². The van der Waals surface area contributed by atoms with Crippen LogP contribution in [0.5, 0.6) is 0 Å². The number of carboxylic acid groups (broad SMARTS) is 1. The van der Waals surface area contributed by atoms with Crippen molar-refractivity contribution >= 4 is 34.0 Å². The van der Waals surface area contributed by atoms with Gasteiger partial charge in [0.25, 0.3) is 0 Å². The van der Waals surface area contributed by atoms with E-state index in [0.717, 1.165) is 35.7 Å². The topological polar surface area (TPSA) is 50.2 Å². The highest BCUT2D eigenvalue weighted by Gasteiger charge is 2.16. The first kappa shape index (κ1) is 12.2. The Labute approximate surface area is 115 Å². The lowest BCUT2D eigenvalue weighted by atomic mass is 9.99. The Morgan fingerprint density at radius 1 is 1.37 bits per heavy atom. The summed E-state index contributed by atoms with van der Waals surface area (Å²) in [4.78, 5) is 15.4. The maximum Gasteiger partial charge on any atom is 0.335 e. The van der Waals surface area contributed by atoms with Crippen LogP contribution in [0.3, 0.4) is 0 Å². The molecule has 19 heavy (non-hydrogen) atoms. The first-order valence-corrected chi connectivity index (χ1v) is 6.55. The minimum atomic E-state index is -0.937. The normalized spacial score (nSPS) is 14.7. The van der Waals surface area contributed by atoms with Gasteiger partial charge < -0.3 is 5.11 Å². The number of carboxylic acids is 1. The van der Waals surface area contributed by atoms with Crippen molar-refractivity contribution in [3.63, 3.8) is 0 Å². The van der Waals surface area contributed by atoms with E-state index >= 15 is 0 Å². The number of rotatable bonds is 2. The molecule has 0 fully saturated rings. The van der Waals surface area contributed by atoms with Crippen LogP contribution in [0.1, 0.15) is 35.2 Å². The third-order valence-electron chi connectivity index (χ3n) is 3.43. The van der Waals surface area contributed by atoms with Gasteiger partial charge in [-0.2, -0.15) is 0 Å². The smallest absolute Gasteiger partial charge is 0.335 e. The predicted octanol–water partition coefficient (Wildman–Crippen LogP) is 4.15. The van der Waals surface area contributed by atoms with Crippen LogP contribution in [0.2, 0.25) is 5.02 Å². The highest BCUT2D eigenvalue weighted by atomic mass is 35.5. The van der Waals surface area contributed by atoms with E-state index in [1.54, 1.807) is 24.4 Å². The van der Waals surface area contributed by atoms with Gasteiger partial charge in [0.2, 0.25) is 0 Å². The summed E-state index contributed by atoms with van der Waals surface area (Å²) in [5.74, 6) is -0.937. The number of benzene rings is 1. The molecule has 1 aliphatic rings. The van der Waals surface area contributed by atoms with Gasteiger partial charge >= 0.3 is 5.97 Å². The van der Waals surface area contributed by atoms with Crippen LogP contribution in [0.4, 0.5) is 0 Å². The van der Waals surface area contributed by atoms with Gasteiger partial charge in [0.1, 0.15) is 0 Å². The summed E-state index contributed by atoms with van der Waals surface area (Å²) in [6.07, 6.45) is 6.96. The van der Waals surface area contributed by atoms with Gasteiger partial charge in [-0.25, -0.2) is 4.79 Å². The van der Waals surface area contributed by atoms with E-state index in [4.69, 9.17) is 16.7 Å². The number of aromatic carboxylic acids is 1. The summed E-state index contributed by atoms with van der Waals surface area (Å²) in [5.41, 5.74) is 3.17. The molecule has 1 aromatic carbocycles. The van der Waals surface area contributed by atoms with Gasteiger partial charge in [0.15, 0.2) is 0 Å². The number of hydrogen-bond donors (Lipinski definition) is 1. The summed E-state index contributed by atoms with van der Waals surface area (Å²) in [7, 11) is 0. The van der Waals surface area contributed by atoms with Crippen LogP contribution in [-0.4, -0.2) is 16.1 Å². The third kappa shape index (κ3) is 2.10. The molecule has 4 heteroatoms. The molecular weight excluding hydrogens is 262 g/mol. The van der Waals surface area contributed by atoms with Crippen LogP contribution < -0.4 is 0 Å². The van der Waals surface area contributed by atoms with Crippen molar-refractivity contribution in [2.24, 2.45) is 0 Å². The molecule has 1 N–H and O–H groups in total. The number of pyridine rings is 1. The maximum atomic E-state index is 11.1. The second kappa shape index (κ2) is 4.67. The fourth-order valence-electron chi connectivity index (χ4n) is 2.53. The van der Waals surface area contributed by atoms with Gasteiger partial charge in [0.05, 0.1) is 16.1 Å². The molecule has 0 atom stereocenters. The van der Waals surface area contributed by atoms with E-state index < -0.39 is 5.97 Å². The number of aromatic nitrogens is 1. The van der Waals surface area contributed by atoms with E-state index in [9.17, 15) is 4.79 Å². The Balaban J connectivity index is 2.31. The summed E-state index contributed by atoms with van der Waals surface area (Å²) in [6.45, 7) is 0. The average Bonchev–Trinajstić information content (AvgIpc) is 2.91. The molecule has 0 saturated carbocycles. The lowest BCUT2D eigenvalue weighted by molar-refractivity contribution is 0.0697. The van der Waals surface area contributed by atoms with Crippen molar-refractivity contribution in [1.29, 1.82) is 0 Å². The standard InChI is InChI=1S/C15H12ClNO2/c16-12-8-17-13-6-5-10(15(18)19)7-11(13)14(12)9-3-1-2-4-9/h3,5-8H,1-2,4H2,(H,18,19). The first-order valence-electron chi connectivity index (χ1n) is 6.18. The van der Waals surface area contributed by atoms with Crippen molar-refractivity contribution in [3.8, 4) is 0 Å². The highest BCUT2D eigenvalue weighted by Crippen LogP contribution is 2.36. The average molecular weight is 274 g/mol. The lowest BCUT2D eigenvalue weighted by Gasteiger charge is -2.10. The number of nitrogens with zero attached hydrogens (tertiary/aromatic N) is 1. The fourth-order valence-corrected chi connectivity index (χ4v) is 2.80. The molecule has 96 valence electrons. The minimum Gasteiger partial charge on any atom is -0.478 e. The predicted molar refractivity (Wildman–Crippen MR) is 75.5 cm³/mol. The van der Waals surface area contributed by atoms with E-state index in [0.29, 0.717) is 5.02 Å². The molecule has 3 rings (SSSR count). The minimum absolute atomic E-state index is 0.261. The van der Waals surface area contributed by atoms with Crippen molar-refractivity contribution < 1.29 is 9.90 Å². The van der Waals surface area contributed by atoms with Crippen molar-refractivity contribution in [3.05, 3.63) is 46.6 Å². The molecule has 0 aliphatic heterocycles. The molecule has 1 aromatic heterocycles. The first-order chi connectivity index (χ1) is 9.16. The SMILES string of the molecule is O=C(O)c1ccc2ncc(Cl)c(C3=CCCC3)c2c1. The maximum absolute atomic E-state index is 11.1. The zero-order valence-electron chi connectivity index (χ0n) is 10.2. The second-order valence-corrected chi connectivity index (χ2v) is 5.05. The number of halogens is 1. The van der Waals surface area contributed by atoms with Crippen LogP contribution in [0, 0.1) is 0 Å². The summed E-state index contributed by atoms with van der Waals surface area (Å²) in [5, 5.41) is 10.5. The van der Waals surface area contributed by atoms with Crippen LogP contribution in [0.25, 0.3) is 16.5 Å². The number of hydrogen-bond acceptors (Lipinski definition) is 2. The van der Waals surface area contributed by atoms with Gasteiger partial charge in [-0.15, -0.1) is 0 Å². The molecular formula is C15H12ClNO2. The van der Waals surface area contributed by atoms with Crippen LogP contribution in [0.15, 0.2) is 30.5 Å². The molecule has 2 aromatic rings. The number of carbonyl (C=O) groups is 1. The third-order valence-corrected chi connectivity index (χ3v) is 3.72. The van der Waals surface area contributed by atoms with Crippen molar-refractivity contribution in [2.75, 3.05) is 0 Å². The molecule has 0 saturated heterocycles. The lowest BCUT2D eigenvalue weighted by Crippen LogP contribution is -1.97. The Morgan fingerprint density at radius 3 is 2.89 bits per heavy atom. The molecule has 0 bridgehead atoms. The van der Waals surface area contributed by atoms with Crippen molar-refractivity contribution in [1.82, 2.24) is 4.98 Å². The van der Waals surface area contributed by atoms with Gasteiger partial charge in [-0.1, -0.05) is 17.7 Å². The quantitative estimate of drug-likeness (QED) is 0.894. The van der Waals surface area contributed by atoms with Gasteiger partial charge in [0, 0.05) is 17.1 Å². The Kier molecular flexibility index (Phi) is 2.99. The molecule has 0 amide bonds. The Hall–Kier alpha value is -1.87. The summed E-state index contributed by atoms with van der Waals surface area (Å²) in [6, 6.07) is 4.96. The fraction of sp³-hybridized carbons (Fsp3) is 0.200. The Morgan fingerprint density at radius 2 is 2.21 bits per heavy atom. The Bertz CT molecular complexity index is 707. The van der Waals surface area contributed by atoms with E-state index in [1.807, 2.05) is 0 Å². The number of allylic oxidation sites excluding steroid dienone is 2.